The molecule has 0 saturated heterocycles. The number of carbonyl (C=O) groups excluding carboxylic acids is 1. The molecule has 6 heteroatoms. The van der Waals surface area contributed by atoms with Crippen LogP contribution in [0.25, 0.3) is 0 Å². The highest BCUT2D eigenvalue weighted by atomic mass is 32.1. The van der Waals surface area contributed by atoms with Crippen molar-refractivity contribution in [3.05, 3.63) is 34.8 Å². The van der Waals surface area contributed by atoms with Crippen LogP contribution in [-0.4, -0.2) is 23.2 Å². The van der Waals surface area contributed by atoms with E-state index in [0.717, 1.165) is 21.4 Å². The summed E-state index contributed by atoms with van der Waals surface area (Å²) in [5.41, 5.74) is 1.57. The van der Waals surface area contributed by atoms with Crippen LogP contribution >= 0.6 is 11.3 Å². The second kappa shape index (κ2) is 4.56. The van der Waals surface area contributed by atoms with Crippen molar-refractivity contribution in [2.24, 2.45) is 0 Å². The number of aromatic nitrogens is 2. The fraction of sp³-hybridized carbons (Fsp3) is 0.357. The van der Waals surface area contributed by atoms with Gasteiger partial charge in [0.15, 0.2) is 0 Å². The van der Waals surface area contributed by atoms with E-state index in [0.29, 0.717) is 6.54 Å². The number of benzene rings is 1. The number of para-hydroxylation sites is 1. The van der Waals surface area contributed by atoms with Crippen molar-refractivity contribution in [2.45, 2.75) is 25.8 Å². The molecule has 104 valence electrons. The van der Waals surface area contributed by atoms with E-state index in [9.17, 15) is 4.79 Å². The molecule has 0 saturated carbocycles. The third kappa shape index (κ3) is 1.87. The monoisotopic (exact) mass is 288 g/mol. The van der Waals surface area contributed by atoms with Crippen LogP contribution in [0, 0.1) is 0 Å². The minimum absolute atomic E-state index is 0.111. The van der Waals surface area contributed by atoms with Crippen LogP contribution in [0.1, 0.15) is 24.4 Å². The number of hydrogen-bond donors (Lipinski definition) is 1. The lowest BCUT2D eigenvalue weighted by Crippen LogP contribution is -2.35. The highest BCUT2D eigenvalue weighted by molar-refractivity contribution is 7.15. The third-order valence-electron chi connectivity index (χ3n) is 3.62. The molecular weight excluding hydrogens is 272 g/mol. The van der Waals surface area contributed by atoms with Crippen molar-refractivity contribution < 1.29 is 4.79 Å². The Labute approximate surface area is 121 Å². The molecule has 0 atom stereocenters. The molecule has 0 radical (unpaired) electrons. The predicted octanol–water partition coefficient (Wildman–Crippen LogP) is 2.40. The summed E-state index contributed by atoms with van der Waals surface area (Å²) in [7, 11) is 1.81. The molecule has 1 aliphatic heterocycles. The van der Waals surface area contributed by atoms with E-state index in [4.69, 9.17) is 0 Å². The fourth-order valence-corrected chi connectivity index (χ4v) is 3.19. The zero-order valence-corrected chi connectivity index (χ0v) is 12.5. The Balaban J connectivity index is 1.96. The van der Waals surface area contributed by atoms with Gasteiger partial charge in [-0.15, -0.1) is 10.2 Å². The van der Waals surface area contributed by atoms with Gasteiger partial charge in [-0.1, -0.05) is 29.5 Å². The van der Waals surface area contributed by atoms with Crippen LogP contribution in [0.4, 0.5) is 10.8 Å². The van der Waals surface area contributed by atoms with E-state index in [1.807, 2.05) is 45.2 Å². The number of rotatable bonds is 3. The number of nitrogens with zero attached hydrogens (tertiary/aromatic N) is 3. The topological polar surface area (TPSA) is 58.1 Å². The molecule has 0 bridgehead atoms. The van der Waals surface area contributed by atoms with Crippen LogP contribution in [0.5, 0.6) is 0 Å². The molecule has 1 aromatic heterocycles. The largest absolute Gasteiger partial charge is 0.363 e. The van der Waals surface area contributed by atoms with Gasteiger partial charge in [0.1, 0.15) is 5.01 Å². The molecule has 1 aliphatic rings. The first kappa shape index (κ1) is 13.1. The van der Waals surface area contributed by atoms with Crippen molar-refractivity contribution in [1.29, 1.82) is 0 Å². The normalized spacial score (nSPS) is 16.4. The first-order chi connectivity index (χ1) is 9.54. The summed E-state index contributed by atoms with van der Waals surface area (Å²) in [6, 6.07) is 7.94. The van der Waals surface area contributed by atoms with Crippen molar-refractivity contribution in [2.75, 3.05) is 17.3 Å². The summed E-state index contributed by atoms with van der Waals surface area (Å²) in [5, 5.41) is 12.7. The van der Waals surface area contributed by atoms with Gasteiger partial charge in [0.05, 0.1) is 12.0 Å². The van der Waals surface area contributed by atoms with Crippen LogP contribution < -0.4 is 10.2 Å². The SMILES string of the molecule is CNc1nnc(CN2C(=O)C(C)(C)c3ccccc32)s1. The van der Waals surface area contributed by atoms with Crippen molar-refractivity contribution in [3.63, 3.8) is 0 Å². The Hall–Kier alpha value is -1.95. The minimum Gasteiger partial charge on any atom is -0.363 e. The summed E-state index contributed by atoms with van der Waals surface area (Å²) < 4.78 is 0. The minimum atomic E-state index is -0.479. The molecular formula is C14H16N4OS. The highest BCUT2D eigenvalue weighted by Crippen LogP contribution is 2.42. The second-order valence-corrected chi connectivity index (χ2v) is 6.35. The maximum absolute atomic E-state index is 12.6. The lowest BCUT2D eigenvalue weighted by molar-refractivity contribution is -0.122. The maximum Gasteiger partial charge on any atom is 0.237 e. The first-order valence-electron chi connectivity index (χ1n) is 6.45. The smallest absolute Gasteiger partial charge is 0.237 e. The van der Waals surface area contributed by atoms with Gasteiger partial charge in [-0.05, 0) is 25.5 Å². The summed E-state index contributed by atoms with van der Waals surface area (Å²) >= 11 is 1.47. The molecule has 0 spiro atoms. The zero-order chi connectivity index (χ0) is 14.3. The number of amides is 1. The molecule has 1 N–H and O–H groups in total. The Kier molecular flexibility index (Phi) is 2.97. The number of fused-ring (bicyclic) bond motifs is 1. The molecule has 3 rings (SSSR count). The Morgan fingerprint density at radius 3 is 2.75 bits per heavy atom. The average molecular weight is 288 g/mol. The molecule has 2 aromatic rings. The summed E-state index contributed by atoms with van der Waals surface area (Å²) in [6.07, 6.45) is 0. The van der Waals surface area contributed by atoms with Gasteiger partial charge in [0, 0.05) is 12.7 Å². The maximum atomic E-state index is 12.6. The van der Waals surface area contributed by atoms with E-state index in [1.165, 1.54) is 11.3 Å². The highest BCUT2D eigenvalue weighted by Gasteiger charge is 2.43. The second-order valence-electron chi connectivity index (χ2n) is 5.28. The summed E-state index contributed by atoms with van der Waals surface area (Å²) in [6.45, 7) is 4.40. The van der Waals surface area contributed by atoms with Gasteiger partial charge in [0.25, 0.3) is 0 Å². The van der Waals surface area contributed by atoms with Gasteiger partial charge in [-0.3, -0.25) is 4.79 Å². The average Bonchev–Trinajstić information content (AvgIpc) is 2.98. The van der Waals surface area contributed by atoms with E-state index >= 15 is 0 Å². The number of nitrogens with one attached hydrogen (secondary N) is 1. The molecule has 5 nitrogen and oxygen atoms in total. The molecule has 1 amide bonds. The Morgan fingerprint density at radius 2 is 2.05 bits per heavy atom. The van der Waals surface area contributed by atoms with Gasteiger partial charge < -0.3 is 10.2 Å². The standard InChI is InChI=1S/C14H16N4OS/c1-14(2)9-6-4-5-7-10(9)18(12(14)19)8-11-16-17-13(15-3)20-11/h4-7H,8H2,1-3H3,(H,15,17). The van der Waals surface area contributed by atoms with E-state index < -0.39 is 5.41 Å². The molecule has 1 aromatic carbocycles. The van der Waals surface area contributed by atoms with Gasteiger partial charge >= 0.3 is 0 Å². The molecule has 2 heterocycles. The lowest BCUT2D eigenvalue weighted by Gasteiger charge is -2.19. The van der Waals surface area contributed by atoms with Crippen molar-refractivity contribution >= 4 is 28.1 Å². The summed E-state index contributed by atoms with van der Waals surface area (Å²) in [4.78, 5) is 14.4. The Morgan fingerprint density at radius 1 is 1.30 bits per heavy atom. The van der Waals surface area contributed by atoms with Crippen LogP contribution in [0.3, 0.4) is 0 Å². The van der Waals surface area contributed by atoms with Crippen LogP contribution in [0.15, 0.2) is 24.3 Å². The quantitative estimate of drug-likeness (QED) is 0.942. The van der Waals surface area contributed by atoms with E-state index in [2.05, 4.69) is 15.5 Å². The third-order valence-corrected chi connectivity index (χ3v) is 4.55. The summed E-state index contributed by atoms with van der Waals surface area (Å²) in [5.74, 6) is 0.111. The fourth-order valence-electron chi connectivity index (χ4n) is 2.51. The number of hydrogen-bond acceptors (Lipinski definition) is 5. The predicted molar refractivity (Wildman–Crippen MR) is 80.1 cm³/mol. The molecule has 20 heavy (non-hydrogen) atoms. The van der Waals surface area contributed by atoms with Crippen molar-refractivity contribution in [3.8, 4) is 0 Å². The number of carbonyl (C=O) groups is 1. The van der Waals surface area contributed by atoms with Crippen molar-refractivity contribution in [1.82, 2.24) is 10.2 Å². The van der Waals surface area contributed by atoms with Crippen LogP contribution in [0.2, 0.25) is 0 Å². The van der Waals surface area contributed by atoms with E-state index in [-0.39, 0.29) is 5.91 Å². The molecule has 0 fully saturated rings. The lowest BCUT2D eigenvalue weighted by atomic mass is 9.86. The van der Waals surface area contributed by atoms with Gasteiger partial charge in [-0.2, -0.15) is 0 Å². The van der Waals surface area contributed by atoms with Gasteiger partial charge in [-0.25, -0.2) is 0 Å². The molecule has 0 aliphatic carbocycles. The number of anilines is 2. The molecule has 0 unspecified atom stereocenters. The first-order valence-corrected chi connectivity index (χ1v) is 7.27. The Bertz CT molecular complexity index is 665. The van der Waals surface area contributed by atoms with Crippen LogP contribution in [-0.2, 0) is 16.8 Å². The van der Waals surface area contributed by atoms with Gasteiger partial charge in [0.2, 0.25) is 11.0 Å². The zero-order valence-electron chi connectivity index (χ0n) is 11.7. The van der Waals surface area contributed by atoms with E-state index in [1.54, 1.807) is 4.90 Å².